The fraction of sp³-hybridized carbons (Fsp3) is 0.643. The van der Waals surface area contributed by atoms with Crippen LogP contribution < -0.4 is 9.88 Å². The molecule has 1 aromatic rings. The summed E-state index contributed by atoms with van der Waals surface area (Å²) in [5, 5.41) is 5.11. The lowest BCUT2D eigenvalue weighted by Crippen LogP contribution is -2.43. The number of pyridine rings is 1. The molecule has 0 aromatic carbocycles. The second-order valence-corrected chi connectivity index (χ2v) is 7.94. The largest absolute Gasteiger partial charge is 0.493 e. The summed E-state index contributed by atoms with van der Waals surface area (Å²) >= 11 is 0. The Kier molecular flexibility index (Phi) is 4.25. The highest BCUT2D eigenvalue weighted by molar-refractivity contribution is 7.86. The van der Waals surface area contributed by atoms with E-state index in [0.29, 0.717) is 32.5 Å². The average Bonchev–Trinajstić information content (AvgIpc) is 3.16. The molecule has 1 spiro atoms. The molecule has 1 saturated heterocycles. The van der Waals surface area contributed by atoms with E-state index in [1.807, 2.05) is 0 Å². The molecule has 10 heteroatoms. The van der Waals surface area contributed by atoms with Crippen LogP contribution in [0.1, 0.15) is 25.0 Å². The summed E-state index contributed by atoms with van der Waals surface area (Å²) in [6, 6.07) is 2.28. The van der Waals surface area contributed by atoms with Crippen molar-refractivity contribution in [2.75, 3.05) is 19.7 Å². The molecule has 0 radical (unpaired) electrons. The monoisotopic (exact) mass is 365 g/mol. The van der Waals surface area contributed by atoms with E-state index >= 15 is 0 Å². The Balaban J connectivity index is 1.53. The van der Waals surface area contributed by atoms with Crippen LogP contribution in [0, 0.1) is 11.3 Å². The van der Waals surface area contributed by atoms with E-state index in [9.17, 15) is 21.6 Å². The summed E-state index contributed by atoms with van der Waals surface area (Å²) in [5.74, 6) is 0.365. The lowest BCUT2D eigenvalue weighted by Gasteiger charge is -2.30. The molecule has 1 unspecified atom stereocenters. The number of rotatable bonds is 4. The molecule has 2 aliphatic rings. The zero-order chi connectivity index (χ0) is 17.6. The number of halogens is 3. The van der Waals surface area contributed by atoms with Gasteiger partial charge in [0.15, 0.2) is 0 Å². The summed E-state index contributed by atoms with van der Waals surface area (Å²) in [5.41, 5.74) is -0.951. The van der Waals surface area contributed by atoms with E-state index < -0.39 is 22.1 Å². The first kappa shape index (κ1) is 17.4. The van der Waals surface area contributed by atoms with Gasteiger partial charge in [-0.3, -0.25) is 4.98 Å². The minimum absolute atomic E-state index is 0.0288. The van der Waals surface area contributed by atoms with Crippen LogP contribution >= 0.6 is 0 Å². The first-order chi connectivity index (χ1) is 11.1. The Morgan fingerprint density at radius 1 is 1.38 bits per heavy atom. The molecule has 2 N–H and O–H groups in total. The highest BCUT2D eigenvalue weighted by Gasteiger charge is 2.55. The van der Waals surface area contributed by atoms with Gasteiger partial charge in [-0.15, -0.1) is 0 Å². The summed E-state index contributed by atoms with van der Waals surface area (Å²) < 4.78 is 67.2. The van der Waals surface area contributed by atoms with Gasteiger partial charge in [0.2, 0.25) is 0 Å². The zero-order valence-corrected chi connectivity index (χ0v) is 13.6. The van der Waals surface area contributed by atoms with Gasteiger partial charge in [0.1, 0.15) is 11.4 Å². The van der Waals surface area contributed by atoms with Crippen molar-refractivity contribution in [3.8, 4) is 5.75 Å². The topological polar surface area (TPSA) is 85.5 Å². The third kappa shape index (κ3) is 3.65. The lowest BCUT2D eigenvalue weighted by molar-refractivity contribution is -0.141. The van der Waals surface area contributed by atoms with Crippen molar-refractivity contribution in [2.24, 2.45) is 16.5 Å². The van der Waals surface area contributed by atoms with Gasteiger partial charge in [0, 0.05) is 25.4 Å². The second-order valence-electron chi connectivity index (χ2n) is 6.39. The highest BCUT2D eigenvalue weighted by atomic mass is 32.2. The molecule has 1 atom stereocenters. The van der Waals surface area contributed by atoms with Crippen molar-refractivity contribution in [1.29, 1.82) is 0 Å². The molecule has 1 saturated carbocycles. The molecule has 1 aliphatic heterocycles. The van der Waals surface area contributed by atoms with E-state index in [-0.39, 0.29) is 17.1 Å². The molecule has 24 heavy (non-hydrogen) atoms. The minimum Gasteiger partial charge on any atom is -0.493 e. The van der Waals surface area contributed by atoms with Crippen LogP contribution in [0.4, 0.5) is 13.2 Å². The summed E-state index contributed by atoms with van der Waals surface area (Å²) in [4.78, 5) is 3.29. The molecule has 1 aliphatic carbocycles. The van der Waals surface area contributed by atoms with Crippen molar-refractivity contribution in [3.63, 3.8) is 0 Å². The first-order valence-corrected chi connectivity index (χ1v) is 9.04. The minimum atomic E-state index is -4.50. The fourth-order valence-corrected chi connectivity index (χ4v) is 4.01. The molecule has 2 heterocycles. The van der Waals surface area contributed by atoms with E-state index in [4.69, 9.17) is 9.88 Å². The van der Waals surface area contributed by atoms with Gasteiger partial charge in [0.25, 0.3) is 10.2 Å². The van der Waals surface area contributed by atoms with Gasteiger partial charge in [0.05, 0.1) is 6.61 Å². The van der Waals surface area contributed by atoms with Gasteiger partial charge in [-0.1, -0.05) is 0 Å². The molecule has 2 fully saturated rings. The van der Waals surface area contributed by atoms with Crippen molar-refractivity contribution in [3.05, 3.63) is 24.0 Å². The molecular formula is C14H18F3N3O3S. The van der Waals surface area contributed by atoms with Crippen LogP contribution in [0.25, 0.3) is 0 Å². The quantitative estimate of drug-likeness (QED) is 0.881. The number of hydrogen-bond donors (Lipinski definition) is 1. The maximum atomic E-state index is 12.6. The normalized spacial score (nSPS) is 24.1. The van der Waals surface area contributed by atoms with Crippen LogP contribution in [0.15, 0.2) is 18.3 Å². The molecule has 3 rings (SSSR count). The van der Waals surface area contributed by atoms with Crippen molar-refractivity contribution in [1.82, 2.24) is 9.29 Å². The maximum Gasteiger partial charge on any atom is 0.433 e. The van der Waals surface area contributed by atoms with Crippen molar-refractivity contribution >= 4 is 10.2 Å². The average molecular weight is 365 g/mol. The van der Waals surface area contributed by atoms with E-state index in [0.717, 1.165) is 18.7 Å². The summed E-state index contributed by atoms with van der Waals surface area (Å²) in [7, 11) is -3.65. The van der Waals surface area contributed by atoms with Gasteiger partial charge >= 0.3 is 6.18 Å². The number of nitrogens with two attached hydrogens (primary N) is 1. The van der Waals surface area contributed by atoms with E-state index in [1.165, 1.54) is 10.4 Å². The summed E-state index contributed by atoms with van der Waals surface area (Å²) in [6.07, 6.45) is -1.14. The van der Waals surface area contributed by atoms with Crippen LogP contribution in [0.2, 0.25) is 0 Å². The van der Waals surface area contributed by atoms with Crippen LogP contribution in [0.3, 0.4) is 0 Å². The van der Waals surface area contributed by atoms with Crippen molar-refractivity contribution < 1.29 is 26.3 Å². The number of nitrogens with zero attached hydrogens (tertiary/aromatic N) is 2. The fourth-order valence-electron chi connectivity index (χ4n) is 3.32. The number of alkyl halides is 3. The molecular weight excluding hydrogens is 347 g/mol. The zero-order valence-electron chi connectivity index (χ0n) is 12.8. The molecule has 0 bridgehead atoms. The lowest BCUT2D eigenvalue weighted by atomic mass is 9.92. The molecule has 6 nitrogen and oxygen atoms in total. The summed E-state index contributed by atoms with van der Waals surface area (Å²) in [6.45, 7) is 1.07. The van der Waals surface area contributed by atoms with Gasteiger partial charge < -0.3 is 4.74 Å². The van der Waals surface area contributed by atoms with E-state index in [1.54, 1.807) is 0 Å². The van der Waals surface area contributed by atoms with Gasteiger partial charge in [-0.05, 0) is 36.7 Å². The van der Waals surface area contributed by atoms with Gasteiger partial charge in [-0.2, -0.15) is 25.9 Å². The number of hydrogen-bond acceptors (Lipinski definition) is 4. The Labute approximate surface area is 138 Å². The van der Waals surface area contributed by atoms with E-state index in [2.05, 4.69) is 4.98 Å². The Morgan fingerprint density at radius 2 is 2.04 bits per heavy atom. The Hall–Kier alpha value is -1.39. The predicted octanol–water partition coefficient (Wildman–Crippen LogP) is 1.78. The second kappa shape index (κ2) is 5.85. The maximum absolute atomic E-state index is 12.6. The van der Waals surface area contributed by atoms with Crippen LogP contribution in [-0.2, 0) is 16.4 Å². The third-order valence-electron chi connectivity index (χ3n) is 4.91. The molecule has 0 amide bonds. The molecule has 1 aromatic heterocycles. The van der Waals surface area contributed by atoms with Crippen LogP contribution in [-0.4, -0.2) is 37.4 Å². The smallest absolute Gasteiger partial charge is 0.433 e. The Bertz CT molecular complexity index is 715. The van der Waals surface area contributed by atoms with Crippen molar-refractivity contribution in [2.45, 2.75) is 25.4 Å². The SMILES string of the molecule is NS(=O)(=O)N1CCC2(CC1)CC2COc1ccnc(C(F)(F)F)c1. The predicted molar refractivity (Wildman–Crippen MR) is 79.2 cm³/mol. The van der Waals surface area contributed by atoms with Crippen LogP contribution in [0.5, 0.6) is 5.75 Å². The molecule has 134 valence electrons. The number of piperidine rings is 1. The number of aromatic nitrogens is 1. The number of ether oxygens (including phenoxy) is 1. The first-order valence-electron chi connectivity index (χ1n) is 7.54. The third-order valence-corrected chi connectivity index (χ3v) is 5.99. The Morgan fingerprint density at radius 3 is 2.62 bits per heavy atom. The highest BCUT2D eigenvalue weighted by Crippen LogP contribution is 2.59. The van der Waals surface area contributed by atoms with Gasteiger partial charge in [-0.25, -0.2) is 5.14 Å². The standard InChI is InChI=1S/C14H18F3N3O3S/c15-14(16,17)12-7-11(1-4-19-12)23-9-10-8-13(10)2-5-20(6-3-13)24(18,21)22/h1,4,7,10H,2-3,5-6,8-9H2,(H2,18,21,22).